The van der Waals surface area contributed by atoms with Crippen LogP contribution in [0.3, 0.4) is 0 Å². The minimum absolute atomic E-state index is 0.208. The zero-order chi connectivity index (χ0) is 15.5. The first-order chi connectivity index (χ1) is 10.1. The van der Waals surface area contributed by atoms with E-state index in [2.05, 4.69) is 22.9 Å². The van der Waals surface area contributed by atoms with Crippen LogP contribution >= 0.6 is 15.9 Å². The molecular weight excluding hydrogens is 330 g/mol. The molecule has 1 fully saturated rings. The fraction of sp³-hybridized carbons (Fsp3) is 0.647. The highest BCUT2D eigenvalue weighted by atomic mass is 79.9. The van der Waals surface area contributed by atoms with Crippen molar-refractivity contribution in [2.24, 2.45) is 17.1 Å². The van der Waals surface area contributed by atoms with E-state index in [9.17, 15) is 5.11 Å². The van der Waals surface area contributed by atoms with Crippen LogP contribution in [0.2, 0.25) is 0 Å². The number of nitrogens with two attached hydrogens (primary N) is 1. The molecule has 1 aliphatic carbocycles. The second kappa shape index (κ2) is 7.12. The summed E-state index contributed by atoms with van der Waals surface area (Å²) in [5.41, 5.74) is 6.75. The van der Waals surface area contributed by atoms with E-state index in [-0.39, 0.29) is 5.41 Å². The second-order valence-electron chi connectivity index (χ2n) is 6.21. The molecule has 1 unspecified atom stereocenters. The zero-order valence-corrected chi connectivity index (χ0v) is 14.5. The van der Waals surface area contributed by atoms with Crippen molar-refractivity contribution < 1.29 is 9.84 Å². The summed E-state index contributed by atoms with van der Waals surface area (Å²) in [5, 5.41) is 11.0. The molecule has 1 aliphatic rings. The topological polar surface area (TPSA) is 55.5 Å². The van der Waals surface area contributed by atoms with Crippen LogP contribution in [0.5, 0.6) is 5.75 Å². The van der Waals surface area contributed by atoms with Gasteiger partial charge in [-0.05, 0) is 55.4 Å². The number of ether oxygens (including phenoxy) is 1. The van der Waals surface area contributed by atoms with E-state index in [0.29, 0.717) is 6.54 Å². The normalized spacial score (nSPS) is 27.4. The third-order valence-corrected chi connectivity index (χ3v) is 5.88. The van der Waals surface area contributed by atoms with Crippen LogP contribution < -0.4 is 10.5 Å². The number of rotatable bonds is 5. The van der Waals surface area contributed by atoms with Crippen LogP contribution in [0, 0.1) is 11.3 Å². The van der Waals surface area contributed by atoms with E-state index in [1.807, 2.05) is 18.2 Å². The van der Waals surface area contributed by atoms with Crippen LogP contribution in [-0.4, -0.2) is 18.8 Å². The molecule has 3 nitrogen and oxygen atoms in total. The van der Waals surface area contributed by atoms with Crippen molar-refractivity contribution in [3.05, 3.63) is 28.2 Å². The van der Waals surface area contributed by atoms with Crippen molar-refractivity contribution in [1.29, 1.82) is 0 Å². The Labute approximate surface area is 136 Å². The third-order valence-electron chi connectivity index (χ3n) is 5.16. The smallest absolute Gasteiger partial charge is 0.119 e. The summed E-state index contributed by atoms with van der Waals surface area (Å²) < 4.78 is 6.20. The van der Waals surface area contributed by atoms with Crippen LogP contribution in [-0.2, 0) is 0 Å². The lowest BCUT2D eigenvalue weighted by molar-refractivity contribution is -0.0108. The lowest BCUT2D eigenvalue weighted by Gasteiger charge is -2.43. The number of hydrogen-bond donors (Lipinski definition) is 2. The van der Waals surface area contributed by atoms with Crippen LogP contribution in [0.1, 0.15) is 50.7 Å². The molecule has 3 N–H and O–H groups in total. The van der Waals surface area contributed by atoms with E-state index in [1.54, 1.807) is 7.11 Å². The van der Waals surface area contributed by atoms with E-state index < -0.39 is 6.10 Å². The highest BCUT2D eigenvalue weighted by Crippen LogP contribution is 2.49. The number of hydrogen-bond acceptors (Lipinski definition) is 3. The second-order valence-corrected chi connectivity index (χ2v) is 7.06. The van der Waals surface area contributed by atoms with Gasteiger partial charge in [0.05, 0.1) is 13.2 Å². The Balaban J connectivity index is 2.26. The van der Waals surface area contributed by atoms with E-state index in [1.165, 1.54) is 6.42 Å². The fourth-order valence-electron chi connectivity index (χ4n) is 3.44. The summed E-state index contributed by atoms with van der Waals surface area (Å²) in [4.78, 5) is 0. The Bertz CT molecular complexity index is 470. The summed E-state index contributed by atoms with van der Waals surface area (Å²) in [6.45, 7) is 2.77. The standard InChI is InChI=1S/C17H26BrNO2/c1-3-12-6-8-17(11-19,9-7-12)16(20)14-10-13(21-2)4-5-15(14)18/h4-5,10,12,16,20H,3,6-9,11,19H2,1-2H3. The van der Waals surface area contributed by atoms with Gasteiger partial charge in [0.2, 0.25) is 0 Å². The SMILES string of the molecule is CCC1CCC(CN)(C(O)c2cc(OC)ccc2Br)CC1. The minimum atomic E-state index is -0.551. The van der Waals surface area contributed by atoms with Gasteiger partial charge in [0, 0.05) is 16.4 Å². The first kappa shape index (κ1) is 16.8. The maximum atomic E-state index is 11.0. The summed E-state index contributed by atoms with van der Waals surface area (Å²) in [6.07, 6.45) is 4.97. The van der Waals surface area contributed by atoms with Crippen LogP contribution in [0.15, 0.2) is 22.7 Å². The molecule has 0 bridgehead atoms. The van der Waals surface area contributed by atoms with Crippen LogP contribution in [0.4, 0.5) is 0 Å². The number of aliphatic hydroxyl groups excluding tert-OH is 1. The monoisotopic (exact) mass is 355 g/mol. The molecule has 1 aromatic rings. The highest BCUT2D eigenvalue weighted by Gasteiger charge is 2.41. The molecule has 1 atom stereocenters. The van der Waals surface area contributed by atoms with E-state index in [0.717, 1.165) is 47.4 Å². The Hall–Kier alpha value is -0.580. The number of benzene rings is 1. The molecule has 0 aromatic heterocycles. The quantitative estimate of drug-likeness (QED) is 0.837. The van der Waals surface area contributed by atoms with E-state index >= 15 is 0 Å². The van der Waals surface area contributed by atoms with Crippen molar-refractivity contribution in [2.75, 3.05) is 13.7 Å². The predicted molar refractivity (Wildman–Crippen MR) is 89.4 cm³/mol. The number of methoxy groups -OCH3 is 1. The summed E-state index contributed by atoms with van der Waals surface area (Å²) in [6, 6.07) is 5.74. The van der Waals surface area contributed by atoms with Gasteiger partial charge in [0.15, 0.2) is 0 Å². The van der Waals surface area contributed by atoms with Gasteiger partial charge in [-0.3, -0.25) is 0 Å². The molecule has 0 heterocycles. The van der Waals surface area contributed by atoms with Crippen molar-refractivity contribution >= 4 is 15.9 Å². The molecule has 0 spiro atoms. The van der Waals surface area contributed by atoms with Gasteiger partial charge in [-0.2, -0.15) is 0 Å². The summed E-state index contributed by atoms with van der Waals surface area (Å²) in [5.74, 6) is 1.55. The van der Waals surface area contributed by atoms with Gasteiger partial charge >= 0.3 is 0 Å². The largest absolute Gasteiger partial charge is 0.497 e. The summed E-state index contributed by atoms with van der Waals surface area (Å²) >= 11 is 3.55. The van der Waals surface area contributed by atoms with Crippen molar-refractivity contribution in [1.82, 2.24) is 0 Å². The maximum Gasteiger partial charge on any atom is 0.119 e. The third kappa shape index (κ3) is 3.43. The predicted octanol–water partition coefficient (Wildman–Crippen LogP) is 4.04. The molecule has 1 aromatic carbocycles. The summed E-state index contributed by atoms with van der Waals surface area (Å²) in [7, 11) is 1.64. The van der Waals surface area contributed by atoms with Gasteiger partial charge in [0.25, 0.3) is 0 Å². The van der Waals surface area contributed by atoms with Gasteiger partial charge < -0.3 is 15.6 Å². The van der Waals surface area contributed by atoms with Gasteiger partial charge in [-0.25, -0.2) is 0 Å². The first-order valence-corrected chi connectivity index (χ1v) is 8.57. The zero-order valence-electron chi connectivity index (χ0n) is 12.9. The number of aliphatic hydroxyl groups is 1. The van der Waals surface area contributed by atoms with Gasteiger partial charge in [-0.1, -0.05) is 29.3 Å². The van der Waals surface area contributed by atoms with Crippen LogP contribution in [0.25, 0.3) is 0 Å². The van der Waals surface area contributed by atoms with Gasteiger partial charge in [0.1, 0.15) is 5.75 Å². The Morgan fingerprint density at radius 1 is 1.43 bits per heavy atom. The first-order valence-electron chi connectivity index (χ1n) is 7.78. The fourth-order valence-corrected chi connectivity index (χ4v) is 3.90. The van der Waals surface area contributed by atoms with Crippen molar-refractivity contribution in [3.8, 4) is 5.75 Å². The lowest BCUT2D eigenvalue weighted by atomic mass is 9.65. The molecule has 0 aliphatic heterocycles. The highest BCUT2D eigenvalue weighted by molar-refractivity contribution is 9.10. The van der Waals surface area contributed by atoms with Gasteiger partial charge in [-0.15, -0.1) is 0 Å². The Kier molecular flexibility index (Phi) is 5.69. The lowest BCUT2D eigenvalue weighted by Crippen LogP contribution is -2.40. The Morgan fingerprint density at radius 2 is 2.10 bits per heavy atom. The molecule has 2 rings (SSSR count). The molecule has 0 saturated heterocycles. The molecule has 4 heteroatoms. The molecule has 0 amide bonds. The molecule has 21 heavy (non-hydrogen) atoms. The molecule has 0 radical (unpaired) electrons. The number of halogens is 1. The average Bonchev–Trinajstić information content (AvgIpc) is 2.54. The average molecular weight is 356 g/mol. The molecule has 118 valence electrons. The Morgan fingerprint density at radius 3 is 2.62 bits per heavy atom. The maximum absolute atomic E-state index is 11.0. The molecular formula is C17H26BrNO2. The minimum Gasteiger partial charge on any atom is -0.497 e. The van der Waals surface area contributed by atoms with Crippen molar-refractivity contribution in [2.45, 2.75) is 45.1 Å². The van der Waals surface area contributed by atoms with E-state index in [4.69, 9.17) is 10.5 Å². The van der Waals surface area contributed by atoms with Crippen molar-refractivity contribution in [3.63, 3.8) is 0 Å². The molecule has 1 saturated carbocycles.